The topological polar surface area (TPSA) is 48.5 Å². The van der Waals surface area contributed by atoms with Gasteiger partial charge in [0.1, 0.15) is 5.69 Å². The van der Waals surface area contributed by atoms with Crippen molar-refractivity contribution in [3.63, 3.8) is 0 Å². The summed E-state index contributed by atoms with van der Waals surface area (Å²) in [6, 6.07) is 0.538. The Morgan fingerprint density at radius 3 is 2.61 bits per heavy atom. The molecule has 1 aliphatic heterocycles. The average molecular weight is 380 g/mol. The molecule has 5 heteroatoms. The number of aryl methyl sites for hydroxylation is 1. The lowest BCUT2D eigenvalue weighted by molar-refractivity contribution is 0.464. The second-order valence-corrected chi connectivity index (χ2v) is 7.74. The van der Waals surface area contributed by atoms with Crippen LogP contribution in [0, 0.1) is 0 Å². The van der Waals surface area contributed by atoms with Gasteiger partial charge in [0.05, 0.1) is 11.7 Å². The van der Waals surface area contributed by atoms with Gasteiger partial charge in [-0.05, 0) is 50.5 Å². The van der Waals surface area contributed by atoms with Gasteiger partial charge in [-0.25, -0.2) is 0 Å². The fourth-order valence-electron chi connectivity index (χ4n) is 4.81. The Morgan fingerprint density at radius 2 is 1.82 bits per heavy atom. The molecule has 5 nitrogen and oxygen atoms in total. The third-order valence-electron chi connectivity index (χ3n) is 6.16. The van der Waals surface area contributed by atoms with Crippen LogP contribution in [-0.2, 0) is 19.4 Å². The molecule has 0 N–H and O–H groups in total. The first-order chi connectivity index (χ1) is 13.9. The largest absolute Gasteiger partial charge is 0.306 e. The standard InChI is InChI=1S/C21H27N5.C2H6/c1-2-18-17-13-14-25-20(15-9-5-3-4-6-10-15)22-23-21(25)19(17)26(24-18)16-11-7-8-12-16;1-2/h3,5,10,16H,2,4,6-9,11-14H2,1H3;1-2H3. The summed E-state index contributed by atoms with van der Waals surface area (Å²) >= 11 is 0. The molecule has 0 atom stereocenters. The van der Waals surface area contributed by atoms with Crippen LogP contribution in [0.4, 0.5) is 0 Å². The number of rotatable bonds is 3. The van der Waals surface area contributed by atoms with Gasteiger partial charge in [0.2, 0.25) is 0 Å². The van der Waals surface area contributed by atoms with E-state index in [1.54, 1.807) is 0 Å². The van der Waals surface area contributed by atoms with Crippen LogP contribution in [0.3, 0.4) is 0 Å². The summed E-state index contributed by atoms with van der Waals surface area (Å²) in [6.07, 6.45) is 17.3. The van der Waals surface area contributed by atoms with Gasteiger partial charge in [0.15, 0.2) is 11.6 Å². The van der Waals surface area contributed by atoms with Crippen molar-refractivity contribution in [2.45, 2.75) is 91.1 Å². The number of hydrogen-bond donors (Lipinski definition) is 0. The highest BCUT2D eigenvalue weighted by atomic mass is 15.4. The van der Waals surface area contributed by atoms with Gasteiger partial charge in [-0.2, -0.15) is 5.10 Å². The molecular weight excluding hydrogens is 346 g/mol. The van der Waals surface area contributed by atoms with Gasteiger partial charge < -0.3 is 4.57 Å². The smallest absolute Gasteiger partial charge is 0.182 e. The second-order valence-electron chi connectivity index (χ2n) is 7.74. The van der Waals surface area contributed by atoms with Crippen LogP contribution in [0.25, 0.3) is 17.1 Å². The van der Waals surface area contributed by atoms with Crippen molar-refractivity contribution in [3.8, 4) is 11.5 Å². The maximum atomic E-state index is 5.04. The van der Waals surface area contributed by atoms with Crippen LogP contribution in [0.1, 0.15) is 88.8 Å². The highest BCUT2D eigenvalue weighted by Crippen LogP contribution is 2.39. The zero-order valence-electron chi connectivity index (χ0n) is 17.6. The van der Waals surface area contributed by atoms with Crippen molar-refractivity contribution in [3.05, 3.63) is 35.3 Å². The Bertz CT molecular complexity index is 877. The first-order valence-electron chi connectivity index (χ1n) is 11.2. The summed E-state index contributed by atoms with van der Waals surface area (Å²) < 4.78 is 4.66. The van der Waals surface area contributed by atoms with E-state index in [1.807, 2.05) is 13.8 Å². The van der Waals surface area contributed by atoms with E-state index in [2.05, 4.69) is 44.6 Å². The minimum atomic E-state index is 0.538. The second kappa shape index (κ2) is 8.46. The molecule has 2 aromatic rings. The Labute approximate surface area is 168 Å². The summed E-state index contributed by atoms with van der Waals surface area (Å²) in [4.78, 5) is 0. The molecule has 0 bridgehead atoms. The molecule has 0 unspecified atom stereocenters. The fourth-order valence-corrected chi connectivity index (χ4v) is 4.81. The van der Waals surface area contributed by atoms with Crippen molar-refractivity contribution >= 4 is 5.57 Å². The number of aromatic nitrogens is 5. The minimum Gasteiger partial charge on any atom is -0.306 e. The first kappa shape index (κ1) is 19.2. The van der Waals surface area contributed by atoms with Gasteiger partial charge in [-0.1, -0.05) is 51.8 Å². The van der Waals surface area contributed by atoms with E-state index in [-0.39, 0.29) is 0 Å². The molecule has 3 aliphatic rings. The van der Waals surface area contributed by atoms with Gasteiger partial charge >= 0.3 is 0 Å². The molecule has 0 spiro atoms. The van der Waals surface area contributed by atoms with E-state index in [0.717, 1.165) is 50.3 Å². The molecule has 0 aromatic carbocycles. The van der Waals surface area contributed by atoms with E-state index in [9.17, 15) is 0 Å². The van der Waals surface area contributed by atoms with E-state index in [4.69, 9.17) is 5.10 Å². The molecule has 1 fully saturated rings. The summed E-state index contributed by atoms with van der Waals surface area (Å²) in [7, 11) is 0. The van der Waals surface area contributed by atoms with E-state index >= 15 is 0 Å². The molecule has 3 heterocycles. The molecule has 1 saturated carbocycles. The maximum Gasteiger partial charge on any atom is 0.182 e. The summed E-state index contributed by atoms with van der Waals surface area (Å²) in [5.41, 5.74) is 5.26. The molecule has 5 rings (SSSR count). The predicted octanol–water partition coefficient (Wildman–Crippen LogP) is 5.52. The van der Waals surface area contributed by atoms with Crippen LogP contribution in [0.5, 0.6) is 0 Å². The highest BCUT2D eigenvalue weighted by molar-refractivity contribution is 5.67. The Morgan fingerprint density at radius 1 is 1.04 bits per heavy atom. The van der Waals surface area contributed by atoms with Crippen molar-refractivity contribution in [1.29, 1.82) is 0 Å². The van der Waals surface area contributed by atoms with Crippen LogP contribution in [-0.4, -0.2) is 24.5 Å². The normalized spacial score (nSPS) is 18.8. The van der Waals surface area contributed by atoms with E-state index in [1.165, 1.54) is 48.2 Å². The molecule has 2 aliphatic carbocycles. The zero-order valence-corrected chi connectivity index (χ0v) is 17.6. The maximum absolute atomic E-state index is 5.04. The van der Waals surface area contributed by atoms with Crippen LogP contribution < -0.4 is 0 Å². The minimum absolute atomic E-state index is 0.538. The molecule has 0 amide bonds. The van der Waals surface area contributed by atoms with Gasteiger partial charge in [0, 0.05) is 12.1 Å². The number of fused-ring (bicyclic) bond motifs is 3. The number of allylic oxidation sites excluding steroid dienone is 4. The van der Waals surface area contributed by atoms with E-state index in [0.29, 0.717) is 6.04 Å². The Balaban J connectivity index is 0.000000932. The van der Waals surface area contributed by atoms with Crippen LogP contribution in [0.15, 0.2) is 18.2 Å². The lowest BCUT2D eigenvalue weighted by Gasteiger charge is -2.20. The molecule has 28 heavy (non-hydrogen) atoms. The lowest BCUT2D eigenvalue weighted by Crippen LogP contribution is -2.17. The highest BCUT2D eigenvalue weighted by Gasteiger charge is 2.32. The summed E-state index contributed by atoms with van der Waals surface area (Å²) in [6.45, 7) is 7.18. The predicted molar refractivity (Wildman–Crippen MR) is 114 cm³/mol. The quantitative estimate of drug-likeness (QED) is 0.659. The molecule has 150 valence electrons. The van der Waals surface area contributed by atoms with Gasteiger partial charge in [0.25, 0.3) is 0 Å². The van der Waals surface area contributed by atoms with Gasteiger partial charge in [-0.3, -0.25) is 4.68 Å². The summed E-state index contributed by atoms with van der Waals surface area (Å²) in [5, 5.41) is 14.3. The van der Waals surface area contributed by atoms with Gasteiger partial charge in [-0.15, -0.1) is 10.2 Å². The average Bonchev–Trinajstić information content (AvgIpc) is 3.43. The third-order valence-corrected chi connectivity index (χ3v) is 6.16. The lowest BCUT2D eigenvalue weighted by atomic mass is 10.0. The van der Waals surface area contributed by atoms with Crippen LogP contribution in [0.2, 0.25) is 0 Å². The number of nitrogens with zero attached hydrogens (tertiary/aromatic N) is 5. The van der Waals surface area contributed by atoms with Crippen LogP contribution >= 0.6 is 0 Å². The molecule has 0 radical (unpaired) electrons. The van der Waals surface area contributed by atoms with E-state index < -0.39 is 0 Å². The molecule has 0 saturated heterocycles. The number of hydrogen-bond acceptors (Lipinski definition) is 3. The summed E-state index contributed by atoms with van der Waals surface area (Å²) in [5.74, 6) is 2.10. The fraction of sp³-hybridized carbons (Fsp3) is 0.609. The van der Waals surface area contributed by atoms with Crippen molar-refractivity contribution in [1.82, 2.24) is 24.5 Å². The Hall–Kier alpha value is -2.17. The third kappa shape index (κ3) is 3.25. The molecular formula is C23H33N5. The Kier molecular flexibility index (Phi) is 5.79. The van der Waals surface area contributed by atoms with Crippen molar-refractivity contribution in [2.24, 2.45) is 0 Å². The SMILES string of the molecule is CC.CCc1nn(C2CCCC2)c2c1CCn1c(C3=CCCC=CC3)nnc1-2. The van der Waals surface area contributed by atoms with Crippen molar-refractivity contribution in [2.75, 3.05) is 0 Å². The zero-order chi connectivity index (χ0) is 19.5. The molecule has 2 aromatic heterocycles. The monoisotopic (exact) mass is 379 g/mol. The first-order valence-corrected chi connectivity index (χ1v) is 11.2. The van der Waals surface area contributed by atoms with Crippen molar-refractivity contribution < 1.29 is 0 Å².